The fourth-order valence-corrected chi connectivity index (χ4v) is 5.00. The summed E-state index contributed by atoms with van der Waals surface area (Å²) in [4.78, 5) is 67.9. The van der Waals surface area contributed by atoms with Crippen molar-refractivity contribution in [3.63, 3.8) is 0 Å². The van der Waals surface area contributed by atoms with Gasteiger partial charge in [-0.2, -0.15) is 0 Å². The quantitative estimate of drug-likeness (QED) is 0.213. The molecule has 1 aromatic heterocycles. The summed E-state index contributed by atoms with van der Waals surface area (Å²) in [5.41, 5.74) is 4.67. The van der Waals surface area contributed by atoms with Crippen LogP contribution < -0.4 is 21.7 Å². The molecule has 0 radical (unpaired) electrons. The zero-order valence-electron chi connectivity index (χ0n) is 23.2. The van der Waals surface area contributed by atoms with Gasteiger partial charge in [0.05, 0.1) is 19.0 Å². The number of nitrogens with one attached hydrogen (secondary N) is 3. The standard InChI is InChI=1S/C26H39N5O6S2/c1-14(2)20(27)24(35)38-10-8-7-9-16-11-18(32)28-12-19-29-17(13-39-19)22(33)31-26(5,6)25(36)30-21(15(3)4)23(34)37-16/h7,9,13-16,20-21H,8,10-12,27H2,1-6H3,(H,28,32)(H,30,36)(H,31,33)/b9-7+. The number of carbonyl (C=O) groups excluding carboxylic acids is 5. The van der Waals surface area contributed by atoms with Crippen LogP contribution in [-0.4, -0.2) is 63.3 Å². The number of thiazole rings is 1. The van der Waals surface area contributed by atoms with E-state index in [0.29, 0.717) is 17.2 Å². The van der Waals surface area contributed by atoms with Gasteiger partial charge < -0.3 is 26.4 Å². The number of esters is 1. The number of ether oxygens (including phenoxy) is 1. The van der Waals surface area contributed by atoms with Crippen LogP contribution in [0.2, 0.25) is 0 Å². The first-order valence-corrected chi connectivity index (χ1v) is 14.7. The lowest BCUT2D eigenvalue weighted by molar-refractivity contribution is -0.153. The topological polar surface area (TPSA) is 170 Å². The Kier molecular flexibility index (Phi) is 12.1. The van der Waals surface area contributed by atoms with E-state index in [4.69, 9.17) is 10.5 Å². The predicted octanol–water partition coefficient (Wildman–Crippen LogP) is 1.91. The molecular weight excluding hydrogens is 542 g/mol. The number of cyclic esters (lactones) is 1. The van der Waals surface area contributed by atoms with Gasteiger partial charge in [-0.05, 0) is 38.2 Å². The number of nitrogens with two attached hydrogens (primary N) is 1. The highest BCUT2D eigenvalue weighted by Gasteiger charge is 2.36. The van der Waals surface area contributed by atoms with Crippen molar-refractivity contribution in [1.29, 1.82) is 0 Å². The summed E-state index contributed by atoms with van der Waals surface area (Å²) in [6.45, 7) is 10.4. The van der Waals surface area contributed by atoms with Gasteiger partial charge in [-0.3, -0.25) is 19.2 Å². The van der Waals surface area contributed by atoms with Gasteiger partial charge in [0.2, 0.25) is 16.9 Å². The van der Waals surface area contributed by atoms with Gasteiger partial charge in [-0.25, -0.2) is 9.78 Å². The normalized spacial score (nSPS) is 21.9. The number of carbonyl (C=O) groups is 5. The summed E-state index contributed by atoms with van der Waals surface area (Å²) in [5, 5.41) is 10.0. The molecule has 2 heterocycles. The highest BCUT2D eigenvalue weighted by Crippen LogP contribution is 2.16. The van der Waals surface area contributed by atoms with Crippen molar-refractivity contribution < 1.29 is 28.7 Å². The minimum atomic E-state index is -1.34. The molecular formula is C26H39N5O6S2. The highest BCUT2D eigenvalue weighted by atomic mass is 32.2. The first-order chi connectivity index (χ1) is 18.2. The molecule has 0 aliphatic carbocycles. The minimum Gasteiger partial charge on any atom is -0.456 e. The Bertz CT molecular complexity index is 1080. The van der Waals surface area contributed by atoms with E-state index < -0.39 is 41.5 Å². The maximum atomic E-state index is 13.1. The lowest BCUT2D eigenvalue weighted by atomic mass is 9.99. The molecule has 2 rings (SSSR count). The maximum absolute atomic E-state index is 13.1. The Labute approximate surface area is 237 Å². The van der Waals surface area contributed by atoms with E-state index in [1.54, 1.807) is 31.4 Å². The van der Waals surface area contributed by atoms with E-state index in [-0.39, 0.29) is 41.5 Å². The fraction of sp³-hybridized carbons (Fsp3) is 0.615. The third-order valence-corrected chi connectivity index (χ3v) is 7.79. The van der Waals surface area contributed by atoms with Crippen LogP contribution in [0.3, 0.4) is 0 Å². The van der Waals surface area contributed by atoms with E-state index >= 15 is 0 Å². The molecule has 0 saturated heterocycles. The Morgan fingerprint density at radius 2 is 1.95 bits per heavy atom. The molecule has 0 aromatic carbocycles. The first-order valence-electron chi connectivity index (χ1n) is 12.8. The van der Waals surface area contributed by atoms with Crippen molar-refractivity contribution in [3.8, 4) is 0 Å². The van der Waals surface area contributed by atoms with E-state index in [0.717, 1.165) is 11.8 Å². The van der Waals surface area contributed by atoms with Gasteiger partial charge in [0.25, 0.3) is 5.91 Å². The average molecular weight is 582 g/mol. The predicted molar refractivity (Wildman–Crippen MR) is 151 cm³/mol. The Balaban J connectivity index is 2.22. The number of amides is 3. The van der Waals surface area contributed by atoms with Gasteiger partial charge in [-0.1, -0.05) is 45.5 Å². The summed E-state index contributed by atoms with van der Waals surface area (Å²) in [6, 6.07) is -1.55. The second-order valence-electron chi connectivity index (χ2n) is 10.5. The van der Waals surface area contributed by atoms with E-state index in [2.05, 4.69) is 20.9 Å². The van der Waals surface area contributed by atoms with Crippen LogP contribution in [0.15, 0.2) is 17.5 Å². The number of hydrogen-bond donors (Lipinski definition) is 4. The van der Waals surface area contributed by atoms with Crippen LogP contribution in [0.5, 0.6) is 0 Å². The molecule has 216 valence electrons. The smallest absolute Gasteiger partial charge is 0.329 e. The second kappa shape index (κ2) is 14.6. The molecule has 1 aliphatic heterocycles. The number of allylic oxidation sites excluding steroid dienone is 1. The molecule has 1 aromatic rings. The number of rotatable bonds is 7. The van der Waals surface area contributed by atoms with Crippen molar-refractivity contribution in [2.75, 3.05) is 5.75 Å². The second-order valence-corrected chi connectivity index (χ2v) is 12.6. The average Bonchev–Trinajstić information content (AvgIpc) is 3.33. The summed E-state index contributed by atoms with van der Waals surface area (Å²) < 4.78 is 5.66. The van der Waals surface area contributed by atoms with Crippen LogP contribution in [0.25, 0.3) is 0 Å². The summed E-state index contributed by atoms with van der Waals surface area (Å²) >= 11 is 2.34. The minimum absolute atomic E-state index is 0.0454. The third-order valence-electron chi connectivity index (χ3n) is 5.95. The van der Waals surface area contributed by atoms with Crippen LogP contribution in [0.4, 0.5) is 0 Å². The summed E-state index contributed by atoms with van der Waals surface area (Å²) in [7, 11) is 0. The zero-order chi connectivity index (χ0) is 29.3. The number of hydrogen-bond acceptors (Lipinski definition) is 10. The Hall–Kier alpha value is -2.77. The number of thioether (sulfide) groups is 1. The molecule has 3 amide bonds. The van der Waals surface area contributed by atoms with E-state index in [1.807, 2.05) is 13.8 Å². The van der Waals surface area contributed by atoms with Crippen molar-refractivity contribution in [1.82, 2.24) is 20.9 Å². The number of aromatic nitrogens is 1. The van der Waals surface area contributed by atoms with Gasteiger partial charge >= 0.3 is 5.97 Å². The van der Waals surface area contributed by atoms with Gasteiger partial charge in [0.1, 0.15) is 28.4 Å². The molecule has 0 fully saturated rings. The van der Waals surface area contributed by atoms with E-state index in [1.165, 1.54) is 25.2 Å². The van der Waals surface area contributed by atoms with Gasteiger partial charge in [-0.15, -0.1) is 11.3 Å². The molecule has 11 nitrogen and oxygen atoms in total. The van der Waals surface area contributed by atoms with E-state index in [9.17, 15) is 24.0 Å². The summed E-state index contributed by atoms with van der Waals surface area (Å²) in [5.74, 6) is -2.01. The molecule has 13 heteroatoms. The molecule has 0 spiro atoms. The van der Waals surface area contributed by atoms with Crippen LogP contribution in [-0.2, 0) is 30.5 Å². The van der Waals surface area contributed by atoms with Gasteiger partial charge in [0.15, 0.2) is 0 Å². The zero-order valence-corrected chi connectivity index (χ0v) is 24.9. The third kappa shape index (κ3) is 10.0. The molecule has 2 bridgehead atoms. The van der Waals surface area contributed by atoms with Crippen molar-refractivity contribution in [3.05, 3.63) is 28.2 Å². The molecule has 3 atom stereocenters. The number of nitrogens with zero attached hydrogens (tertiary/aromatic N) is 1. The van der Waals surface area contributed by atoms with Crippen LogP contribution in [0, 0.1) is 11.8 Å². The summed E-state index contributed by atoms with van der Waals surface area (Å²) in [6.07, 6.45) is 2.80. The molecule has 0 saturated carbocycles. The first kappa shape index (κ1) is 32.4. The lowest BCUT2D eigenvalue weighted by Gasteiger charge is -2.29. The fourth-order valence-electron chi connectivity index (χ4n) is 3.36. The SMILES string of the molecule is CC(C)C(N)C(=O)SCC/C=C/C1CC(=O)NCc2nc(cs2)C(=O)NC(C)(C)C(=O)NC(C(C)C)C(=O)O1. The highest BCUT2D eigenvalue weighted by molar-refractivity contribution is 8.13. The lowest BCUT2D eigenvalue weighted by Crippen LogP contribution is -2.59. The van der Waals surface area contributed by atoms with Gasteiger partial charge in [0, 0.05) is 11.1 Å². The maximum Gasteiger partial charge on any atom is 0.329 e. The van der Waals surface area contributed by atoms with Crippen LogP contribution in [0.1, 0.15) is 69.9 Å². The van der Waals surface area contributed by atoms with Crippen molar-refractivity contribution in [2.45, 2.75) is 84.7 Å². The Morgan fingerprint density at radius 1 is 1.26 bits per heavy atom. The molecule has 1 aliphatic rings. The Morgan fingerprint density at radius 3 is 2.59 bits per heavy atom. The van der Waals surface area contributed by atoms with Crippen molar-refractivity contribution >= 4 is 51.9 Å². The molecule has 5 N–H and O–H groups in total. The molecule has 3 unspecified atom stereocenters. The largest absolute Gasteiger partial charge is 0.456 e. The number of fused-ring (bicyclic) bond motifs is 2. The van der Waals surface area contributed by atoms with Crippen molar-refractivity contribution in [2.24, 2.45) is 17.6 Å². The van der Waals surface area contributed by atoms with Crippen LogP contribution >= 0.6 is 23.1 Å². The molecule has 39 heavy (non-hydrogen) atoms. The monoisotopic (exact) mass is 581 g/mol.